The van der Waals surface area contributed by atoms with Gasteiger partial charge >= 0.3 is 0 Å². The predicted molar refractivity (Wildman–Crippen MR) is 110 cm³/mol. The van der Waals surface area contributed by atoms with Crippen molar-refractivity contribution >= 4 is 38.2 Å². The van der Waals surface area contributed by atoms with Crippen molar-refractivity contribution in [3.63, 3.8) is 0 Å². The third kappa shape index (κ3) is 4.31. The number of carbonyl (C=O) groups excluding carboxylic acids is 1. The number of anilines is 2. The van der Waals surface area contributed by atoms with Gasteiger partial charge in [-0.2, -0.15) is 0 Å². The molecule has 0 radical (unpaired) electrons. The lowest BCUT2D eigenvalue weighted by Crippen LogP contribution is -2.19. The summed E-state index contributed by atoms with van der Waals surface area (Å²) in [7, 11) is -3.33. The van der Waals surface area contributed by atoms with Crippen LogP contribution in [0.4, 0.5) is 11.4 Å². The first-order valence-electron chi connectivity index (χ1n) is 8.75. The summed E-state index contributed by atoms with van der Waals surface area (Å²) in [5.74, 6) is -0.129. The lowest BCUT2D eigenvalue weighted by Gasteiger charge is -2.13. The summed E-state index contributed by atoms with van der Waals surface area (Å²) in [6.45, 7) is 5.57. The van der Waals surface area contributed by atoms with Gasteiger partial charge in [0.25, 0.3) is 0 Å². The molecule has 0 saturated heterocycles. The highest BCUT2D eigenvalue weighted by Crippen LogP contribution is 2.22. The maximum absolute atomic E-state index is 12.5. The fourth-order valence-corrected chi connectivity index (χ4v) is 3.71. The maximum Gasteiger partial charge on any atom is 0.244 e. The van der Waals surface area contributed by atoms with Gasteiger partial charge in [0.2, 0.25) is 15.9 Å². The molecule has 0 atom stereocenters. The van der Waals surface area contributed by atoms with Crippen LogP contribution in [0.25, 0.3) is 10.9 Å². The molecule has 1 aromatic heterocycles. The van der Waals surface area contributed by atoms with Crippen molar-refractivity contribution in [3.05, 3.63) is 59.8 Å². The van der Waals surface area contributed by atoms with Crippen LogP contribution < -0.4 is 10.0 Å². The topological polar surface area (TPSA) is 80.2 Å². The Balaban J connectivity index is 1.74. The van der Waals surface area contributed by atoms with E-state index in [1.54, 1.807) is 32.0 Å². The van der Waals surface area contributed by atoms with E-state index in [2.05, 4.69) is 16.1 Å². The summed E-state index contributed by atoms with van der Waals surface area (Å²) in [6, 6.07) is 15.1. The first-order chi connectivity index (χ1) is 12.8. The van der Waals surface area contributed by atoms with Gasteiger partial charge in [-0.05, 0) is 62.1 Å². The molecule has 1 amide bonds. The molecule has 0 saturated carbocycles. The number of aromatic nitrogens is 1. The van der Waals surface area contributed by atoms with E-state index in [4.69, 9.17) is 0 Å². The number of hydrogen-bond acceptors (Lipinski definition) is 3. The van der Waals surface area contributed by atoms with Crippen LogP contribution in [0.15, 0.2) is 48.5 Å². The fraction of sp³-hybridized carbons (Fsp3) is 0.250. The third-order valence-corrected chi connectivity index (χ3v) is 5.77. The number of aryl methyl sites for hydroxylation is 2. The average molecular weight is 385 g/mol. The number of nitrogens with one attached hydrogen (secondary N) is 2. The van der Waals surface area contributed by atoms with Gasteiger partial charge in [0.05, 0.1) is 11.4 Å². The molecule has 142 valence electrons. The number of hydrogen-bond donors (Lipinski definition) is 2. The van der Waals surface area contributed by atoms with Crippen LogP contribution in [0.1, 0.15) is 18.2 Å². The van der Waals surface area contributed by atoms with E-state index in [1.165, 1.54) is 0 Å². The number of fused-ring (bicyclic) bond motifs is 1. The van der Waals surface area contributed by atoms with Crippen molar-refractivity contribution in [3.8, 4) is 0 Å². The molecular formula is C20H23N3O3S. The Morgan fingerprint density at radius 2 is 1.81 bits per heavy atom. The molecule has 7 heteroatoms. The lowest BCUT2D eigenvalue weighted by atomic mass is 10.2. The summed E-state index contributed by atoms with van der Waals surface area (Å²) in [6.07, 6.45) is 0. The zero-order valence-corrected chi connectivity index (χ0v) is 16.4. The second-order valence-electron chi connectivity index (χ2n) is 6.51. The maximum atomic E-state index is 12.5. The van der Waals surface area contributed by atoms with Gasteiger partial charge in [-0.1, -0.05) is 18.2 Å². The molecule has 0 aliphatic heterocycles. The van der Waals surface area contributed by atoms with Gasteiger partial charge in [-0.15, -0.1) is 0 Å². The molecule has 3 aromatic rings. The van der Waals surface area contributed by atoms with Gasteiger partial charge in [0.15, 0.2) is 0 Å². The highest BCUT2D eigenvalue weighted by molar-refractivity contribution is 7.92. The second-order valence-corrected chi connectivity index (χ2v) is 8.53. The molecule has 0 aliphatic rings. The molecular weight excluding hydrogens is 362 g/mol. The number of rotatable bonds is 6. The molecule has 27 heavy (non-hydrogen) atoms. The largest absolute Gasteiger partial charge is 0.335 e. The smallest absolute Gasteiger partial charge is 0.244 e. The molecule has 2 aromatic carbocycles. The Morgan fingerprint density at radius 3 is 2.52 bits per heavy atom. The minimum Gasteiger partial charge on any atom is -0.335 e. The standard InChI is InChI=1S/C20H23N3O3S/c1-4-27(25,26)22-18-10-9-17(11-14(18)2)21-20(24)13-23-15(3)12-16-7-5-6-8-19(16)23/h5-12,22H,4,13H2,1-3H3,(H,21,24). The molecule has 2 N–H and O–H groups in total. The van der Waals surface area contributed by atoms with Gasteiger partial charge in [0.1, 0.15) is 6.54 Å². The summed E-state index contributed by atoms with van der Waals surface area (Å²) in [5.41, 5.74) is 3.93. The summed E-state index contributed by atoms with van der Waals surface area (Å²) in [5, 5.41) is 3.98. The van der Waals surface area contributed by atoms with E-state index in [9.17, 15) is 13.2 Å². The number of benzene rings is 2. The zero-order chi connectivity index (χ0) is 19.6. The van der Waals surface area contributed by atoms with Gasteiger partial charge in [0, 0.05) is 16.9 Å². The van der Waals surface area contributed by atoms with Crippen LogP contribution in [-0.2, 0) is 21.4 Å². The molecule has 0 unspecified atom stereocenters. The molecule has 6 nitrogen and oxygen atoms in total. The Kier molecular flexibility index (Phi) is 5.23. The van der Waals surface area contributed by atoms with E-state index in [-0.39, 0.29) is 18.2 Å². The summed E-state index contributed by atoms with van der Waals surface area (Å²) >= 11 is 0. The number of carbonyl (C=O) groups is 1. The van der Waals surface area contributed by atoms with Crippen molar-refractivity contribution in [1.82, 2.24) is 4.57 Å². The molecule has 1 heterocycles. The van der Waals surface area contributed by atoms with Crippen LogP contribution in [0.2, 0.25) is 0 Å². The van der Waals surface area contributed by atoms with Crippen molar-refractivity contribution in [2.75, 3.05) is 15.8 Å². The first kappa shape index (κ1) is 19.0. The third-order valence-electron chi connectivity index (χ3n) is 4.48. The van der Waals surface area contributed by atoms with E-state index >= 15 is 0 Å². The van der Waals surface area contributed by atoms with Crippen LogP contribution in [-0.4, -0.2) is 24.6 Å². The van der Waals surface area contributed by atoms with Crippen molar-refractivity contribution < 1.29 is 13.2 Å². The van der Waals surface area contributed by atoms with Crippen LogP contribution in [0.5, 0.6) is 0 Å². The van der Waals surface area contributed by atoms with E-state index in [1.807, 2.05) is 35.8 Å². The number of amides is 1. The molecule has 0 fully saturated rings. The van der Waals surface area contributed by atoms with Crippen molar-refractivity contribution in [2.45, 2.75) is 27.3 Å². The van der Waals surface area contributed by atoms with Gasteiger partial charge in [-0.25, -0.2) is 8.42 Å². The van der Waals surface area contributed by atoms with Crippen molar-refractivity contribution in [1.29, 1.82) is 0 Å². The van der Waals surface area contributed by atoms with E-state index in [0.29, 0.717) is 11.4 Å². The normalized spacial score (nSPS) is 11.5. The molecule has 0 bridgehead atoms. The van der Waals surface area contributed by atoms with Crippen LogP contribution >= 0.6 is 0 Å². The first-order valence-corrected chi connectivity index (χ1v) is 10.4. The Morgan fingerprint density at radius 1 is 1.07 bits per heavy atom. The SMILES string of the molecule is CCS(=O)(=O)Nc1ccc(NC(=O)Cn2c(C)cc3ccccc32)cc1C. The van der Waals surface area contributed by atoms with Crippen LogP contribution in [0, 0.1) is 13.8 Å². The van der Waals surface area contributed by atoms with Gasteiger partial charge in [-0.3, -0.25) is 9.52 Å². The Hall–Kier alpha value is -2.80. The van der Waals surface area contributed by atoms with E-state index < -0.39 is 10.0 Å². The second kappa shape index (κ2) is 7.44. The predicted octanol–water partition coefficient (Wildman–Crippen LogP) is 3.66. The van der Waals surface area contributed by atoms with E-state index in [0.717, 1.165) is 22.2 Å². The van der Waals surface area contributed by atoms with Crippen molar-refractivity contribution in [2.24, 2.45) is 0 Å². The fourth-order valence-electron chi connectivity index (χ4n) is 3.00. The lowest BCUT2D eigenvalue weighted by molar-refractivity contribution is -0.116. The quantitative estimate of drug-likeness (QED) is 0.679. The highest BCUT2D eigenvalue weighted by atomic mass is 32.2. The number of para-hydroxylation sites is 1. The Bertz CT molecular complexity index is 1100. The van der Waals surface area contributed by atoms with Gasteiger partial charge < -0.3 is 9.88 Å². The summed E-state index contributed by atoms with van der Waals surface area (Å²) in [4.78, 5) is 12.5. The number of nitrogens with zero attached hydrogens (tertiary/aromatic N) is 1. The average Bonchev–Trinajstić information content (AvgIpc) is 2.93. The molecule has 0 aliphatic carbocycles. The van der Waals surface area contributed by atoms with Crippen LogP contribution in [0.3, 0.4) is 0 Å². The number of sulfonamides is 1. The molecule has 0 spiro atoms. The summed E-state index contributed by atoms with van der Waals surface area (Å²) < 4.78 is 27.9. The highest BCUT2D eigenvalue weighted by Gasteiger charge is 2.12. The minimum atomic E-state index is -3.33. The minimum absolute atomic E-state index is 0.00903. The zero-order valence-electron chi connectivity index (χ0n) is 15.6. The Labute approximate surface area is 159 Å². The monoisotopic (exact) mass is 385 g/mol. The molecule has 3 rings (SSSR count).